The molecule has 0 aliphatic carbocycles. The standard InChI is InChI=1S/C35H26N4O3S4/c40-32(24-11-5-2-6-12-24)37-28(21-27-13-7-19-43-27)33(41)36-25-15-17-26(18-16-25)46-31(23-9-3-1-4-10-23)34(42)39-35-38-29(22-45-35)30-14-8-20-44-30/h1-22,31H,(H,36,41)(H,37,40)(H,38,39,42)/b28-21-. The van der Waals surface area contributed by atoms with Gasteiger partial charge in [0.05, 0.1) is 10.6 Å². The van der Waals surface area contributed by atoms with Gasteiger partial charge in [0, 0.05) is 26.4 Å². The normalized spacial score (nSPS) is 11.9. The predicted octanol–water partition coefficient (Wildman–Crippen LogP) is 8.81. The van der Waals surface area contributed by atoms with Crippen molar-refractivity contribution in [3.8, 4) is 10.6 Å². The van der Waals surface area contributed by atoms with E-state index in [0.717, 1.165) is 25.9 Å². The van der Waals surface area contributed by atoms with Gasteiger partial charge in [0.2, 0.25) is 5.91 Å². The van der Waals surface area contributed by atoms with Crippen LogP contribution in [0.2, 0.25) is 0 Å². The second-order valence-corrected chi connectivity index (χ2v) is 13.7. The number of carbonyl (C=O) groups excluding carboxylic acids is 3. The molecule has 0 radical (unpaired) electrons. The molecule has 3 heterocycles. The molecule has 1 unspecified atom stereocenters. The van der Waals surface area contributed by atoms with Gasteiger partial charge in [0.25, 0.3) is 11.8 Å². The van der Waals surface area contributed by atoms with Crippen LogP contribution >= 0.6 is 45.8 Å². The highest BCUT2D eigenvalue weighted by Gasteiger charge is 2.23. The quantitative estimate of drug-likeness (QED) is 0.0940. The van der Waals surface area contributed by atoms with Gasteiger partial charge in [0.1, 0.15) is 10.9 Å². The summed E-state index contributed by atoms with van der Waals surface area (Å²) >= 11 is 5.86. The smallest absolute Gasteiger partial charge is 0.272 e. The lowest BCUT2D eigenvalue weighted by atomic mass is 10.1. The Morgan fingerprint density at radius 1 is 0.739 bits per heavy atom. The van der Waals surface area contributed by atoms with E-state index < -0.39 is 11.2 Å². The van der Waals surface area contributed by atoms with Crippen LogP contribution in [0.4, 0.5) is 10.8 Å². The molecular weight excluding hydrogens is 653 g/mol. The zero-order chi connectivity index (χ0) is 31.7. The van der Waals surface area contributed by atoms with Gasteiger partial charge in [-0.05, 0) is 70.9 Å². The highest BCUT2D eigenvalue weighted by atomic mass is 32.2. The summed E-state index contributed by atoms with van der Waals surface area (Å²) in [4.78, 5) is 47.1. The van der Waals surface area contributed by atoms with Crippen molar-refractivity contribution in [2.75, 3.05) is 10.6 Å². The minimum Gasteiger partial charge on any atom is -0.321 e. The number of amides is 3. The molecule has 6 rings (SSSR count). The first-order valence-electron chi connectivity index (χ1n) is 14.1. The Kier molecular flexibility index (Phi) is 10.2. The number of hydrogen-bond acceptors (Lipinski definition) is 8. The molecule has 0 aliphatic rings. The Morgan fingerprint density at radius 3 is 2.15 bits per heavy atom. The lowest BCUT2D eigenvalue weighted by Crippen LogP contribution is -2.30. The van der Waals surface area contributed by atoms with E-state index in [1.54, 1.807) is 53.8 Å². The van der Waals surface area contributed by atoms with Crippen molar-refractivity contribution in [1.82, 2.24) is 10.3 Å². The molecule has 3 amide bonds. The van der Waals surface area contributed by atoms with Crippen molar-refractivity contribution < 1.29 is 14.4 Å². The summed E-state index contributed by atoms with van der Waals surface area (Å²) in [6.45, 7) is 0. The highest BCUT2D eigenvalue weighted by molar-refractivity contribution is 8.00. The SMILES string of the molecule is O=C(Nc1ccc(SC(C(=O)Nc2nc(-c3cccs3)cs2)c2ccccc2)cc1)/C(=C/c1cccs1)NC(=O)c1ccccc1. The number of carbonyl (C=O) groups is 3. The highest BCUT2D eigenvalue weighted by Crippen LogP contribution is 2.37. The zero-order valence-corrected chi connectivity index (χ0v) is 27.3. The summed E-state index contributed by atoms with van der Waals surface area (Å²) in [5, 5.41) is 14.5. The van der Waals surface area contributed by atoms with Crippen LogP contribution in [-0.4, -0.2) is 22.7 Å². The minimum absolute atomic E-state index is 0.125. The number of aromatic nitrogens is 1. The van der Waals surface area contributed by atoms with E-state index in [2.05, 4.69) is 20.9 Å². The van der Waals surface area contributed by atoms with Crippen molar-refractivity contribution in [1.29, 1.82) is 0 Å². The molecule has 228 valence electrons. The average Bonchev–Trinajstić information content (AvgIpc) is 3.89. The molecule has 3 aromatic carbocycles. The topological polar surface area (TPSA) is 100 Å². The van der Waals surface area contributed by atoms with Crippen molar-refractivity contribution >= 4 is 80.4 Å². The maximum Gasteiger partial charge on any atom is 0.272 e. The van der Waals surface area contributed by atoms with E-state index in [4.69, 9.17) is 0 Å². The monoisotopic (exact) mass is 678 g/mol. The van der Waals surface area contributed by atoms with Crippen LogP contribution in [0.15, 0.2) is 136 Å². The maximum atomic E-state index is 13.6. The van der Waals surface area contributed by atoms with Crippen molar-refractivity contribution in [2.24, 2.45) is 0 Å². The number of rotatable bonds is 11. The van der Waals surface area contributed by atoms with E-state index in [1.807, 2.05) is 88.9 Å². The molecule has 0 saturated carbocycles. The number of nitrogens with one attached hydrogen (secondary N) is 3. The van der Waals surface area contributed by atoms with Crippen LogP contribution in [-0.2, 0) is 9.59 Å². The number of thiophene rings is 2. The zero-order valence-electron chi connectivity index (χ0n) is 24.1. The molecule has 3 aromatic heterocycles. The minimum atomic E-state index is -0.538. The average molecular weight is 679 g/mol. The molecule has 46 heavy (non-hydrogen) atoms. The number of thiazole rings is 1. The Hall–Kier alpha value is -4.81. The summed E-state index contributed by atoms with van der Waals surface area (Å²) in [6.07, 6.45) is 1.65. The first kappa shape index (κ1) is 31.2. The molecule has 11 heteroatoms. The van der Waals surface area contributed by atoms with Crippen LogP contribution in [0.1, 0.15) is 26.0 Å². The number of nitrogens with zero attached hydrogens (tertiary/aromatic N) is 1. The number of anilines is 2. The maximum absolute atomic E-state index is 13.6. The van der Waals surface area contributed by atoms with Gasteiger partial charge in [-0.1, -0.05) is 60.7 Å². The molecule has 0 spiro atoms. The first-order chi connectivity index (χ1) is 22.5. The third-order valence-electron chi connectivity index (χ3n) is 6.57. The van der Waals surface area contributed by atoms with Gasteiger partial charge in [0.15, 0.2) is 5.13 Å². The molecule has 0 saturated heterocycles. The molecule has 0 fully saturated rings. The van der Waals surface area contributed by atoms with E-state index in [1.165, 1.54) is 34.4 Å². The van der Waals surface area contributed by atoms with Gasteiger partial charge in [-0.25, -0.2) is 4.98 Å². The van der Waals surface area contributed by atoms with E-state index in [0.29, 0.717) is 16.4 Å². The molecule has 1 atom stereocenters. The van der Waals surface area contributed by atoms with Gasteiger partial charge in [-0.3, -0.25) is 14.4 Å². The van der Waals surface area contributed by atoms with Gasteiger partial charge < -0.3 is 16.0 Å². The van der Waals surface area contributed by atoms with E-state index in [-0.39, 0.29) is 17.5 Å². The Bertz CT molecular complexity index is 1940. The number of thioether (sulfide) groups is 1. The third-order valence-corrected chi connectivity index (χ3v) is 10.3. The van der Waals surface area contributed by atoms with Crippen LogP contribution in [0.3, 0.4) is 0 Å². The largest absolute Gasteiger partial charge is 0.321 e. The lowest BCUT2D eigenvalue weighted by Gasteiger charge is -2.16. The van der Waals surface area contributed by atoms with Crippen LogP contribution in [0.25, 0.3) is 16.6 Å². The molecular formula is C35H26N4O3S4. The van der Waals surface area contributed by atoms with Crippen LogP contribution in [0.5, 0.6) is 0 Å². The molecule has 0 aliphatic heterocycles. The summed E-state index contributed by atoms with van der Waals surface area (Å²) in [7, 11) is 0. The molecule has 0 bridgehead atoms. The summed E-state index contributed by atoms with van der Waals surface area (Å²) < 4.78 is 0. The van der Waals surface area contributed by atoms with Crippen molar-refractivity contribution in [2.45, 2.75) is 10.1 Å². The number of benzene rings is 3. The summed E-state index contributed by atoms with van der Waals surface area (Å²) in [5.74, 6) is -1.01. The predicted molar refractivity (Wildman–Crippen MR) is 190 cm³/mol. The van der Waals surface area contributed by atoms with Gasteiger partial charge >= 0.3 is 0 Å². The molecule has 3 N–H and O–H groups in total. The van der Waals surface area contributed by atoms with E-state index in [9.17, 15) is 14.4 Å². The summed E-state index contributed by atoms with van der Waals surface area (Å²) in [5.41, 5.74) is 2.81. The molecule has 6 aromatic rings. The Labute approximate surface area is 282 Å². The Balaban J connectivity index is 1.15. The van der Waals surface area contributed by atoms with E-state index >= 15 is 0 Å². The second kappa shape index (κ2) is 15.0. The van der Waals surface area contributed by atoms with Crippen LogP contribution in [0, 0.1) is 0 Å². The second-order valence-electron chi connectivity index (χ2n) is 9.79. The number of hydrogen-bond donors (Lipinski definition) is 3. The molecule has 7 nitrogen and oxygen atoms in total. The van der Waals surface area contributed by atoms with Gasteiger partial charge in [-0.2, -0.15) is 0 Å². The third kappa shape index (κ3) is 8.06. The summed E-state index contributed by atoms with van der Waals surface area (Å²) in [6, 6.07) is 33.3. The fraction of sp³-hybridized carbons (Fsp3) is 0.0286. The lowest BCUT2D eigenvalue weighted by molar-refractivity contribution is -0.116. The van der Waals surface area contributed by atoms with Gasteiger partial charge in [-0.15, -0.1) is 45.8 Å². The first-order valence-corrected chi connectivity index (χ1v) is 17.6. The van der Waals surface area contributed by atoms with Crippen molar-refractivity contribution in [3.05, 3.63) is 147 Å². The fourth-order valence-electron chi connectivity index (χ4n) is 4.35. The Morgan fingerprint density at radius 2 is 1.46 bits per heavy atom. The van der Waals surface area contributed by atoms with Crippen molar-refractivity contribution in [3.63, 3.8) is 0 Å². The van der Waals surface area contributed by atoms with Crippen LogP contribution < -0.4 is 16.0 Å². The fourth-order valence-corrected chi connectivity index (χ4v) is 7.51.